The highest BCUT2D eigenvalue weighted by molar-refractivity contribution is 8.18. The van der Waals surface area contributed by atoms with Crippen LogP contribution in [-0.2, 0) is 17.9 Å². The van der Waals surface area contributed by atoms with Gasteiger partial charge in [0.2, 0.25) is 0 Å². The van der Waals surface area contributed by atoms with Gasteiger partial charge in [0.25, 0.3) is 11.1 Å². The lowest BCUT2D eigenvalue weighted by atomic mass is 10.2. The van der Waals surface area contributed by atoms with Crippen molar-refractivity contribution in [3.05, 3.63) is 103 Å². The van der Waals surface area contributed by atoms with E-state index in [4.69, 9.17) is 39.5 Å². The van der Waals surface area contributed by atoms with Crippen molar-refractivity contribution in [2.24, 2.45) is 0 Å². The first-order valence-electron chi connectivity index (χ1n) is 9.55. The fraction of sp³-hybridized carbons (Fsp3) is 0.0833. The zero-order valence-electron chi connectivity index (χ0n) is 16.6. The molecule has 4 rings (SSSR count). The van der Waals surface area contributed by atoms with Gasteiger partial charge in [-0.3, -0.25) is 14.5 Å². The van der Waals surface area contributed by atoms with Crippen molar-refractivity contribution in [1.29, 1.82) is 0 Å². The van der Waals surface area contributed by atoms with E-state index in [1.807, 2.05) is 48.5 Å². The van der Waals surface area contributed by atoms with E-state index in [2.05, 4.69) is 0 Å². The molecule has 0 N–H and O–H groups in total. The van der Waals surface area contributed by atoms with E-state index >= 15 is 0 Å². The van der Waals surface area contributed by atoms with E-state index in [9.17, 15) is 9.59 Å². The smallest absolute Gasteiger partial charge is 0.293 e. The van der Waals surface area contributed by atoms with Gasteiger partial charge in [0, 0.05) is 5.02 Å². The van der Waals surface area contributed by atoms with Gasteiger partial charge in [0.1, 0.15) is 12.4 Å². The number of hydrogen-bond donors (Lipinski definition) is 0. The van der Waals surface area contributed by atoms with E-state index in [1.165, 1.54) is 4.90 Å². The third-order valence-electron chi connectivity index (χ3n) is 4.67. The van der Waals surface area contributed by atoms with Crippen LogP contribution < -0.4 is 4.74 Å². The molecule has 0 unspecified atom stereocenters. The number of hydrogen-bond acceptors (Lipinski definition) is 4. The standard InChI is InChI=1S/C24H16Cl3NO3S/c25-18-7-4-15(5-8-18)14-31-19-3-1-2-16(10-19)12-22-23(29)28(24(30)32-22)13-17-6-9-20(26)21(27)11-17/h1-12H,13-14H2/b22-12+. The predicted molar refractivity (Wildman–Crippen MR) is 130 cm³/mol. The molecule has 2 amide bonds. The Morgan fingerprint density at radius 1 is 0.875 bits per heavy atom. The van der Waals surface area contributed by atoms with Gasteiger partial charge in [-0.15, -0.1) is 0 Å². The number of carbonyl (C=O) groups excluding carboxylic acids is 2. The van der Waals surface area contributed by atoms with Crippen LogP contribution in [0.5, 0.6) is 5.75 Å². The molecule has 32 heavy (non-hydrogen) atoms. The Labute approximate surface area is 204 Å². The third-order valence-corrected chi connectivity index (χ3v) is 6.57. The van der Waals surface area contributed by atoms with E-state index in [1.54, 1.807) is 24.3 Å². The molecular formula is C24H16Cl3NO3S. The molecule has 0 spiro atoms. The van der Waals surface area contributed by atoms with Crippen LogP contribution in [0.15, 0.2) is 71.6 Å². The quantitative estimate of drug-likeness (QED) is 0.327. The Kier molecular flexibility index (Phi) is 7.11. The Morgan fingerprint density at radius 3 is 2.38 bits per heavy atom. The van der Waals surface area contributed by atoms with Gasteiger partial charge >= 0.3 is 0 Å². The van der Waals surface area contributed by atoms with E-state index in [0.29, 0.717) is 32.3 Å². The molecule has 0 aliphatic carbocycles. The van der Waals surface area contributed by atoms with Gasteiger partial charge in [0.05, 0.1) is 21.5 Å². The fourth-order valence-electron chi connectivity index (χ4n) is 3.05. The zero-order valence-corrected chi connectivity index (χ0v) is 19.6. The molecular weight excluding hydrogens is 489 g/mol. The molecule has 0 bridgehead atoms. The van der Waals surface area contributed by atoms with Crippen molar-refractivity contribution < 1.29 is 14.3 Å². The van der Waals surface area contributed by atoms with E-state index in [0.717, 1.165) is 28.5 Å². The molecule has 1 aliphatic heterocycles. The minimum Gasteiger partial charge on any atom is -0.489 e. The van der Waals surface area contributed by atoms with Gasteiger partial charge in [-0.25, -0.2) is 0 Å². The number of carbonyl (C=O) groups is 2. The summed E-state index contributed by atoms with van der Waals surface area (Å²) in [6, 6.07) is 19.8. The van der Waals surface area contributed by atoms with Crippen LogP contribution in [0, 0.1) is 0 Å². The predicted octanol–water partition coefficient (Wildman–Crippen LogP) is 7.46. The van der Waals surface area contributed by atoms with Gasteiger partial charge in [-0.1, -0.05) is 65.1 Å². The zero-order chi connectivity index (χ0) is 22.7. The first kappa shape index (κ1) is 22.7. The lowest BCUT2D eigenvalue weighted by Crippen LogP contribution is -2.27. The summed E-state index contributed by atoms with van der Waals surface area (Å²) in [6.45, 7) is 0.518. The summed E-state index contributed by atoms with van der Waals surface area (Å²) in [4.78, 5) is 26.8. The van der Waals surface area contributed by atoms with Crippen LogP contribution in [0.1, 0.15) is 16.7 Å². The Bertz CT molecular complexity index is 1210. The summed E-state index contributed by atoms with van der Waals surface area (Å²) in [7, 11) is 0. The van der Waals surface area contributed by atoms with Crippen LogP contribution in [0.4, 0.5) is 4.79 Å². The normalized spacial score (nSPS) is 15.0. The number of ether oxygens (including phenoxy) is 1. The molecule has 1 aliphatic rings. The van der Waals surface area contributed by atoms with Crippen molar-refractivity contribution in [1.82, 2.24) is 4.90 Å². The van der Waals surface area contributed by atoms with Crippen molar-refractivity contribution in [3.63, 3.8) is 0 Å². The lowest BCUT2D eigenvalue weighted by Gasteiger charge is -2.13. The van der Waals surface area contributed by atoms with E-state index in [-0.39, 0.29) is 17.7 Å². The first-order chi connectivity index (χ1) is 15.4. The maximum Gasteiger partial charge on any atom is 0.293 e. The van der Waals surface area contributed by atoms with Crippen LogP contribution in [0.25, 0.3) is 6.08 Å². The van der Waals surface area contributed by atoms with Crippen molar-refractivity contribution in [2.45, 2.75) is 13.2 Å². The Morgan fingerprint density at radius 2 is 1.62 bits per heavy atom. The SMILES string of the molecule is O=C1S/C(=C/c2cccc(OCc3ccc(Cl)cc3)c2)C(=O)N1Cc1ccc(Cl)c(Cl)c1. The van der Waals surface area contributed by atoms with Crippen LogP contribution in [-0.4, -0.2) is 16.0 Å². The van der Waals surface area contributed by atoms with Crippen LogP contribution in [0.3, 0.4) is 0 Å². The second-order valence-electron chi connectivity index (χ2n) is 7.00. The van der Waals surface area contributed by atoms with Crippen LogP contribution in [0.2, 0.25) is 15.1 Å². The lowest BCUT2D eigenvalue weighted by molar-refractivity contribution is -0.123. The summed E-state index contributed by atoms with van der Waals surface area (Å²) >= 11 is 18.8. The van der Waals surface area contributed by atoms with Crippen molar-refractivity contribution >= 4 is 63.8 Å². The molecule has 8 heteroatoms. The van der Waals surface area contributed by atoms with E-state index < -0.39 is 0 Å². The molecule has 0 aromatic heterocycles. The van der Waals surface area contributed by atoms with Crippen molar-refractivity contribution in [3.8, 4) is 5.75 Å². The number of imide groups is 1. The van der Waals surface area contributed by atoms with Gasteiger partial charge < -0.3 is 4.74 Å². The number of amides is 2. The summed E-state index contributed by atoms with van der Waals surface area (Å²) in [5.41, 5.74) is 2.47. The number of benzene rings is 3. The Hall–Kier alpha value is -2.44. The maximum absolute atomic E-state index is 12.8. The molecule has 3 aromatic carbocycles. The second-order valence-corrected chi connectivity index (χ2v) is 9.25. The molecule has 1 fully saturated rings. The largest absolute Gasteiger partial charge is 0.489 e. The number of nitrogens with zero attached hydrogens (tertiary/aromatic N) is 1. The average molecular weight is 505 g/mol. The highest BCUT2D eigenvalue weighted by atomic mass is 35.5. The number of thioether (sulfide) groups is 1. The minimum atomic E-state index is -0.349. The molecule has 0 radical (unpaired) electrons. The summed E-state index contributed by atoms with van der Waals surface area (Å²) < 4.78 is 5.84. The fourth-order valence-corrected chi connectivity index (χ4v) is 4.33. The average Bonchev–Trinajstić information content (AvgIpc) is 3.03. The number of rotatable bonds is 6. The topological polar surface area (TPSA) is 46.6 Å². The highest BCUT2D eigenvalue weighted by Gasteiger charge is 2.35. The van der Waals surface area contributed by atoms with Crippen molar-refractivity contribution in [2.75, 3.05) is 0 Å². The first-order valence-corrected chi connectivity index (χ1v) is 11.5. The van der Waals surface area contributed by atoms with Gasteiger partial charge in [-0.2, -0.15) is 0 Å². The molecule has 0 saturated carbocycles. The second kappa shape index (κ2) is 10.0. The summed E-state index contributed by atoms with van der Waals surface area (Å²) in [6.07, 6.45) is 1.69. The molecule has 1 heterocycles. The molecule has 162 valence electrons. The van der Waals surface area contributed by atoms with Gasteiger partial charge in [-0.05, 0) is 70.9 Å². The summed E-state index contributed by atoms with van der Waals surface area (Å²) in [5, 5.41) is 1.14. The highest BCUT2D eigenvalue weighted by Crippen LogP contribution is 2.34. The maximum atomic E-state index is 12.8. The Balaban J connectivity index is 1.45. The van der Waals surface area contributed by atoms with Gasteiger partial charge in [0.15, 0.2) is 0 Å². The minimum absolute atomic E-state index is 0.128. The third kappa shape index (κ3) is 5.48. The molecule has 0 atom stereocenters. The molecule has 1 saturated heterocycles. The summed E-state index contributed by atoms with van der Waals surface area (Å²) in [5.74, 6) is 0.308. The molecule has 3 aromatic rings. The molecule has 4 nitrogen and oxygen atoms in total. The monoisotopic (exact) mass is 503 g/mol. The number of halogens is 3. The van der Waals surface area contributed by atoms with Crippen LogP contribution >= 0.6 is 46.6 Å².